The van der Waals surface area contributed by atoms with Crippen LogP contribution in [0.1, 0.15) is 35.7 Å². The Labute approximate surface area is 164 Å². The van der Waals surface area contributed by atoms with E-state index in [1.807, 2.05) is 0 Å². The van der Waals surface area contributed by atoms with Crippen LogP contribution in [0.15, 0.2) is 18.2 Å². The van der Waals surface area contributed by atoms with Crippen molar-refractivity contribution in [3.05, 3.63) is 29.3 Å². The Balaban J connectivity index is 1.89. The van der Waals surface area contributed by atoms with Gasteiger partial charge in [-0.25, -0.2) is 0 Å². The minimum Gasteiger partial charge on any atom is -0.507 e. The number of phenols is 1. The lowest BCUT2D eigenvalue weighted by molar-refractivity contribution is -0.182. The molecule has 3 aliphatic rings. The normalized spacial score (nSPS) is 38.9. The third-order valence-corrected chi connectivity index (χ3v) is 6.72. The van der Waals surface area contributed by atoms with Gasteiger partial charge < -0.3 is 21.1 Å². The van der Waals surface area contributed by atoms with Crippen LogP contribution in [0.5, 0.6) is 5.75 Å². The van der Waals surface area contributed by atoms with E-state index in [0.717, 1.165) is 0 Å². The third kappa shape index (κ3) is 2.25. The fourth-order valence-corrected chi connectivity index (χ4v) is 5.23. The van der Waals surface area contributed by atoms with E-state index < -0.39 is 76.1 Å². The lowest BCUT2D eigenvalue weighted by Gasteiger charge is -2.52. The number of nitrogens with two attached hydrogens (primary N) is 1. The number of aliphatic hydroxyl groups is 2. The summed E-state index contributed by atoms with van der Waals surface area (Å²) in [5.41, 5.74) is 0.523. The molecule has 0 aliphatic heterocycles. The second kappa shape index (κ2) is 5.80. The highest BCUT2D eigenvalue weighted by molar-refractivity contribution is 6.31. The van der Waals surface area contributed by atoms with Crippen molar-refractivity contribution in [2.24, 2.45) is 29.4 Å². The van der Waals surface area contributed by atoms with Gasteiger partial charge in [-0.15, -0.1) is 0 Å². The summed E-state index contributed by atoms with van der Waals surface area (Å²) >= 11 is 0. The van der Waals surface area contributed by atoms with Crippen molar-refractivity contribution < 1.29 is 39.3 Å². The first-order valence-corrected chi connectivity index (χ1v) is 9.16. The molecule has 0 saturated heterocycles. The predicted molar refractivity (Wildman–Crippen MR) is 94.4 cm³/mol. The first-order valence-electron chi connectivity index (χ1n) is 9.16. The average Bonchev–Trinajstić information content (AvgIpc) is 2.62. The van der Waals surface area contributed by atoms with Crippen LogP contribution in [-0.2, 0) is 24.8 Å². The molecule has 29 heavy (non-hydrogen) atoms. The Kier molecular flexibility index (Phi) is 3.88. The molecular weight excluding hydrogens is 382 g/mol. The summed E-state index contributed by atoms with van der Waals surface area (Å²) < 4.78 is 0. The van der Waals surface area contributed by atoms with Crippen molar-refractivity contribution >= 4 is 29.0 Å². The van der Waals surface area contributed by atoms with Gasteiger partial charge in [-0.1, -0.05) is 12.1 Å². The van der Waals surface area contributed by atoms with E-state index in [4.69, 9.17) is 5.73 Å². The van der Waals surface area contributed by atoms with Gasteiger partial charge in [0.15, 0.2) is 34.7 Å². The summed E-state index contributed by atoms with van der Waals surface area (Å²) in [6.07, 6.45) is -0.633. The minimum atomic E-state index is -2.73. The van der Waals surface area contributed by atoms with E-state index in [0.29, 0.717) is 0 Å². The molecule has 4 unspecified atom stereocenters. The number of ketones is 4. The van der Waals surface area contributed by atoms with E-state index in [2.05, 4.69) is 0 Å². The van der Waals surface area contributed by atoms with Crippen molar-refractivity contribution in [2.45, 2.75) is 31.0 Å². The Bertz CT molecular complexity index is 1010. The Hall–Kier alpha value is -2.91. The number of benzene rings is 1. The van der Waals surface area contributed by atoms with Gasteiger partial charge in [0.25, 0.3) is 0 Å². The number of hydrogen-bond donors (Lipinski definition) is 4. The molecule has 0 aromatic heterocycles. The molecule has 1 aromatic rings. The highest BCUT2D eigenvalue weighted by Crippen LogP contribution is 2.55. The largest absolute Gasteiger partial charge is 0.507 e. The van der Waals surface area contributed by atoms with Crippen molar-refractivity contribution in [3.8, 4) is 5.75 Å². The van der Waals surface area contributed by atoms with Crippen LogP contribution in [0.2, 0.25) is 0 Å². The number of aromatic hydroxyl groups is 1. The first kappa shape index (κ1) is 19.4. The summed E-state index contributed by atoms with van der Waals surface area (Å²) in [6, 6.07) is 4.13. The number of fused-ring (bicyclic) bond motifs is 3. The molecular formula is C20H19NO8. The molecule has 3 aliphatic carbocycles. The average molecular weight is 401 g/mol. The number of rotatable bonds is 1. The van der Waals surface area contributed by atoms with E-state index in [9.17, 15) is 39.3 Å². The summed E-state index contributed by atoms with van der Waals surface area (Å²) in [7, 11) is 0. The summed E-state index contributed by atoms with van der Waals surface area (Å²) in [6.45, 7) is 1.38. The van der Waals surface area contributed by atoms with Crippen LogP contribution in [-0.4, -0.2) is 50.0 Å². The van der Waals surface area contributed by atoms with E-state index in [1.54, 1.807) is 0 Å². The molecule has 0 spiro atoms. The number of carbonyl (C=O) groups excluding carboxylic acids is 5. The van der Waals surface area contributed by atoms with Crippen molar-refractivity contribution in [1.29, 1.82) is 0 Å². The second-order valence-electron chi connectivity index (χ2n) is 8.23. The predicted octanol–water partition coefficient (Wildman–Crippen LogP) is -1.01. The number of carbonyl (C=O) groups is 5. The fourth-order valence-electron chi connectivity index (χ4n) is 5.23. The van der Waals surface area contributed by atoms with E-state index in [-0.39, 0.29) is 17.5 Å². The van der Waals surface area contributed by atoms with Gasteiger partial charge in [-0.05, 0) is 25.0 Å². The van der Waals surface area contributed by atoms with Crippen molar-refractivity contribution in [3.63, 3.8) is 0 Å². The standard InChI is InChI=1S/C20H19NO8/c1-19(28)8-3-2-4-10(22)12(8)15(24)13-9(19)5-7-6-11(23)14(18(21)27)17(26)20(7,29)16(13)25/h2-4,7,9,13-14,22,28-29H,5-6H2,1H3,(H2,21,27)/t7?,9?,13?,14?,19-,20+/m1/s1. The zero-order valence-electron chi connectivity index (χ0n) is 15.4. The highest BCUT2D eigenvalue weighted by atomic mass is 16.3. The van der Waals surface area contributed by atoms with Gasteiger partial charge >= 0.3 is 0 Å². The SMILES string of the molecule is C[C@@]1(O)c2cccc(O)c2C(=O)C2C(=O)[C@]3(O)C(=O)C(C(N)=O)C(=O)CC3CC21. The Morgan fingerprint density at radius 3 is 2.41 bits per heavy atom. The van der Waals surface area contributed by atoms with Crippen LogP contribution in [0, 0.1) is 23.7 Å². The summed E-state index contributed by atoms with van der Waals surface area (Å²) in [5.74, 6) is -11.6. The van der Waals surface area contributed by atoms with E-state index in [1.165, 1.54) is 25.1 Å². The molecule has 4 rings (SSSR count). The molecule has 9 nitrogen and oxygen atoms in total. The molecule has 2 saturated carbocycles. The minimum absolute atomic E-state index is 0.130. The molecule has 5 N–H and O–H groups in total. The molecule has 0 radical (unpaired) electrons. The van der Waals surface area contributed by atoms with E-state index >= 15 is 0 Å². The number of hydrogen-bond acceptors (Lipinski definition) is 8. The molecule has 152 valence electrons. The quantitative estimate of drug-likeness (QED) is 0.433. The van der Waals surface area contributed by atoms with Crippen molar-refractivity contribution in [2.75, 3.05) is 0 Å². The number of Topliss-reactive ketones (excluding diaryl/α,β-unsaturated/α-hetero) is 4. The zero-order chi connectivity index (χ0) is 21.5. The zero-order valence-corrected chi connectivity index (χ0v) is 15.4. The fraction of sp³-hybridized carbons (Fsp3) is 0.450. The molecule has 0 heterocycles. The van der Waals surface area contributed by atoms with Gasteiger partial charge in [-0.3, -0.25) is 24.0 Å². The van der Waals surface area contributed by atoms with Gasteiger partial charge in [0.05, 0.1) is 17.1 Å². The lowest BCUT2D eigenvalue weighted by Crippen LogP contribution is -2.69. The van der Waals surface area contributed by atoms with Crippen LogP contribution >= 0.6 is 0 Å². The van der Waals surface area contributed by atoms with Gasteiger partial charge in [-0.2, -0.15) is 0 Å². The number of amides is 1. The molecule has 0 bridgehead atoms. The summed E-state index contributed by atoms with van der Waals surface area (Å²) in [4.78, 5) is 63.0. The Morgan fingerprint density at radius 1 is 1.14 bits per heavy atom. The van der Waals surface area contributed by atoms with Gasteiger partial charge in [0.2, 0.25) is 5.91 Å². The second-order valence-corrected chi connectivity index (χ2v) is 8.23. The monoisotopic (exact) mass is 401 g/mol. The highest BCUT2D eigenvalue weighted by Gasteiger charge is 2.68. The molecule has 2 fully saturated rings. The number of primary amides is 1. The van der Waals surface area contributed by atoms with Crippen LogP contribution in [0.25, 0.3) is 0 Å². The third-order valence-electron chi connectivity index (χ3n) is 6.72. The molecule has 1 amide bonds. The maximum Gasteiger partial charge on any atom is 0.235 e. The van der Waals surface area contributed by atoms with Crippen LogP contribution in [0.3, 0.4) is 0 Å². The maximum atomic E-state index is 13.3. The van der Waals surface area contributed by atoms with Crippen molar-refractivity contribution in [1.82, 2.24) is 0 Å². The van der Waals surface area contributed by atoms with Gasteiger partial charge in [0, 0.05) is 18.3 Å². The first-order chi connectivity index (χ1) is 13.4. The maximum absolute atomic E-state index is 13.3. The topological polar surface area (TPSA) is 172 Å². The molecule has 6 atom stereocenters. The molecule has 1 aromatic carbocycles. The smallest absolute Gasteiger partial charge is 0.235 e. The molecule has 9 heteroatoms. The van der Waals surface area contributed by atoms with Crippen LogP contribution in [0.4, 0.5) is 0 Å². The summed E-state index contributed by atoms with van der Waals surface area (Å²) in [5, 5.41) is 32.4. The number of phenolic OH excluding ortho intramolecular Hbond substituents is 1. The van der Waals surface area contributed by atoms with Crippen LogP contribution < -0.4 is 5.73 Å². The lowest BCUT2D eigenvalue weighted by atomic mass is 9.51. The van der Waals surface area contributed by atoms with Gasteiger partial charge in [0.1, 0.15) is 5.75 Å². The Morgan fingerprint density at radius 2 is 1.79 bits per heavy atom.